The molecule has 0 fully saturated rings. The summed E-state index contributed by atoms with van der Waals surface area (Å²) in [5.41, 5.74) is 0.494. The second-order valence-corrected chi connectivity index (χ2v) is 6.51. The number of carbonyl (C=O) groups is 2. The number of hydrogen-bond acceptors (Lipinski definition) is 4. The zero-order valence-corrected chi connectivity index (χ0v) is 16.2. The number of carbonyl (C=O) groups excluding carboxylic acids is 2. The van der Waals surface area contributed by atoms with Crippen molar-refractivity contribution in [2.75, 3.05) is 5.32 Å². The largest absolute Gasteiger partial charge is 0.457 e. The van der Waals surface area contributed by atoms with Crippen molar-refractivity contribution in [1.82, 2.24) is 0 Å². The lowest BCUT2D eigenvalue weighted by Crippen LogP contribution is -2.30. The first-order valence-corrected chi connectivity index (χ1v) is 9.10. The van der Waals surface area contributed by atoms with Crippen molar-refractivity contribution < 1.29 is 23.5 Å². The highest BCUT2D eigenvalue weighted by Gasteiger charge is 2.20. The number of benzene rings is 3. The number of hydrogen-bond donors (Lipinski definition) is 1. The van der Waals surface area contributed by atoms with E-state index in [1.807, 2.05) is 30.3 Å². The van der Waals surface area contributed by atoms with Gasteiger partial charge in [-0.05, 0) is 61.5 Å². The van der Waals surface area contributed by atoms with Gasteiger partial charge in [-0.2, -0.15) is 0 Å². The van der Waals surface area contributed by atoms with Crippen LogP contribution >= 0.6 is 11.6 Å². The van der Waals surface area contributed by atoms with Crippen LogP contribution in [0.25, 0.3) is 0 Å². The zero-order valence-electron chi connectivity index (χ0n) is 15.4. The van der Waals surface area contributed by atoms with Crippen molar-refractivity contribution in [3.63, 3.8) is 0 Å². The Labute approximate surface area is 172 Å². The number of rotatable bonds is 6. The summed E-state index contributed by atoms with van der Waals surface area (Å²) < 4.78 is 23.9. The number of ether oxygens (including phenoxy) is 2. The molecule has 0 aromatic heterocycles. The van der Waals surface area contributed by atoms with Crippen LogP contribution in [-0.4, -0.2) is 18.0 Å². The van der Waals surface area contributed by atoms with E-state index in [9.17, 15) is 14.0 Å². The minimum Gasteiger partial charge on any atom is -0.457 e. The van der Waals surface area contributed by atoms with Gasteiger partial charge in [0.2, 0.25) is 0 Å². The Kier molecular flexibility index (Phi) is 6.46. The Morgan fingerprint density at radius 1 is 0.966 bits per heavy atom. The highest BCUT2D eigenvalue weighted by Crippen LogP contribution is 2.23. The molecule has 0 aliphatic carbocycles. The molecule has 0 unspecified atom stereocenters. The Morgan fingerprint density at radius 3 is 2.28 bits per heavy atom. The standard InChI is InChI=1S/C22H17ClFNO4/c1-14(21(26)25-20-12-9-16(24)13-19(20)23)28-22(27)15-7-10-18(11-8-15)29-17-5-3-2-4-6-17/h2-14H,1H3,(H,25,26)/t14-/m0/s1. The maximum atomic E-state index is 13.1. The lowest BCUT2D eigenvalue weighted by Gasteiger charge is -2.14. The SMILES string of the molecule is C[C@H](OC(=O)c1ccc(Oc2ccccc2)cc1)C(=O)Nc1ccc(F)cc1Cl. The van der Waals surface area contributed by atoms with Crippen LogP contribution in [0.1, 0.15) is 17.3 Å². The van der Waals surface area contributed by atoms with Gasteiger partial charge in [0, 0.05) is 0 Å². The molecule has 1 atom stereocenters. The number of nitrogens with one attached hydrogen (secondary N) is 1. The molecule has 0 aliphatic rings. The second kappa shape index (κ2) is 9.21. The number of esters is 1. The molecular formula is C22H17ClFNO4. The minimum absolute atomic E-state index is 0.0471. The summed E-state index contributed by atoms with van der Waals surface area (Å²) in [6.07, 6.45) is -1.08. The van der Waals surface area contributed by atoms with E-state index >= 15 is 0 Å². The van der Waals surface area contributed by atoms with Crippen molar-refractivity contribution in [2.45, 2.75) is 13.0 Å². The molecule has 3 rings (SSSR count). The summed E-state index contributed by atoms with van der Waals surface area (Å²) in [5, 5.41) is 2.54. The molecule has 0 saturated carbocycles. The zero-order chi connectivity index (χ0) is 20.8. The fourth-order valence-corrected chi connectivity index (χ4v) is 2.61. The summed E-state index contributed by atoms with van der Waals surface area (Å²) in [7, 11) is 0. The van der Waals surface area contributed by atoms with Gasteiger partial charge in [-0.15, -0.1) is 0 Å². The molecule has 3 aromatic carbocycles. The van der Waals surface area contributed by atoms with Crippen molar-refractivity contribution in [3.8, 4) is 11.5 Å². The van der Waals surface area contributed by atoms with E-state index in [2.05, 4.69) is 5.32 Å². The van der Waals surface area contributed by atoms with Crippen LogP contribution in [0, 0.1) is 5.82 Å². The van der Waals surface area contributed by atoms with Crippen LogP contribution in [0.5, 0.6) is 11.5 Å². The molecule has 0 saturated heterocycles. The molecule has 7 heteroatoms. The first kappa shape index (κ1) is 20.4. The van der Waals surface area contributed by atoms with Crippen LogP contribution in [0.2, 0.25) is 5.02 Å². The molecule has 0 radical (unpaired) electrons. The van der Waals surface area contributed by atoms with Crippen LogP contribution in [0.3, 0.4) is 0 Å². The Bertz CT molecular complexity index is 1010. The number of para-hydroxylation sites is 1. The smallest absolute Gasteiger partial charge is 0.338 e. The summed E-state index contributed by atoms with van der Waals surface area (Å²) in [6, 6.07) is 19.1. The molecular weight excluding hydrogens is 397 g/mol. The lowest BCUT2D eigenvalue weighted by molar-refractivity contribution is -0.123. The number of amides is 1. The van der Waals surface area contributed by atoms with Crippen LogP contribution < -0.4 is 10.1 Å². The normalized spacial score (nSPS) is 11.4. The predicted octanol–water partition coefficient (Wildman–Crippen LogP) is 5.46. The van der Waals surface area contributed by atoms with Gasteiger partial charge in [-0.3, -0.25) is 4.79 Å². The molecule has 1 amide bonds. The monoisotopic (exact) mass is 413 g/mol. The van der Waals surface area contributed by atoms with E-state index in [1.54, 1.807) is 24.3 Å². The summed E-state index contributed by atoms with van der Waals surface area (Å²) in [4.78, 5) is 24.5. The number of halogens is 2. The first-order valence-electron chi connectivity index (χ1n) is 8.72. The van der Waals surface area contributed by atoms with Gasteiger partial charge < -0.3 is 14.8 Å². The highest BCUT2D eigenvalue weighted by atomic mass is 35.5. The molecule has 0 spiro atoms. The lowest BCUT2D eigenvalue weighted by atomic mass is 10.2. The Balaban J connectivity index is 1.58. The number of anilines is 1. The Hall–Kier alpha value is -3.38. The summed E-state index contributed by atoms with van der Waals surface area (Å²) in [5.74, 6) is -0.538. The third-order valence-electron chi connectivity index (χ3n) is 3.91. The van der Waals surface area contributed by atoms with Crippen molar-refractivity contribution in [1.29, 1.82) is 0 Å². The molecule has 0 bridgehead atoms. The first-order chi connectivity index (χ1) is 13.9. The molecule has 1 N–H and O–H groups in total. The second-order valence-electron chi connectivity index (χ2n) is 6.10. The van der Waals surface area contributed by atoms with E-state index in [-0.39, 0.29) is 16.3 Å². The molecule has 0 heterocycles. The average molecular weight is 414 g/mol. The van der Waals surface area contributed by atoms with Gasteiger partial charge in [0.25, 0.3) is 5.91 Å². The Morgan fingerprint density at radius 2 is 1.62 bits per heavy atom. The van der Waals surface area contributed by atoms with Gasteiger partial charge in [0.15, 0.2) is 6.10 Å². The van der Waals surface area contributed by atoms with Gasteiger partial charge >= 0.3 is 5.97 Å². The van der Waals surface area contributed by atoms with Gasteiger partial charge in [0.1, 0.15) is 17.3 Å². The quantitative estimate of drug-likeness (QED) is 0.545. The van der Waals surface area contributed by atoms with Gasteiger partial charge in [0.05, 0.1) is 16.3 Å². The molecule has 3 aromatic rings. The maximum absolute atomic E-state index is 13.1. The highest BCUT2D eigenvalue weighted by molar-refractivity contribution is 6.33. The fourth-order valence-electron chi connectivity index (χ4n) is 2.39. The van der Waals surface area contributed by atoms with Crippen molar-refractivity contribution in [3.05, 3.63) is 89.2 Å². The van der Waals surface area contributed by atoms with Crippen molar-refractivity contribution in [2.24, 2.45) is 0 Å². The molecule has 148 valence electrons. The van der Waals surface area contributed by atoms with Crippen LogP contribution in [0.15, 0.2) is 72.8 Å². The third kappa shape index (κ3) is 5.56. The summed E-state index contributed by atoms with van der Waals surface area (Å²) in [6.45, 7) is 1.43. The molecule has 0 aliphatic heterocycles. The van der Waals surface area contributed by atoms with Crippen LogP contribution in [-0.2, 0) is 9.53 Å². The summed E-state index contributed by atoms with van der Waals surface area (Å²) >= 11 is 5.88. The van der Waals surface area contributed by atoms with E-state index < -0.39 is 23.8 Å². The van der Waals surface area contributed by atoms with E-state index in [1.165, 1.54) is 13.0 Å². The maximum Gasteiger partial charge on any atom is 0.338 e. The predicted molar refractivity (Wildman–Crippen MR) is 108 cm³/mol. The van der Waals surface area contributed by atoms with Gasteiger partial charge in [-0.25, -0.2) is 9.18 Å². The van der Waals surface area contributed by atoms with Crippen LogP contribution in [0.4, 0.5) is 10.1 Å². The van der Waals surface area contributed by atoms with E-state index in [4.69, 9.17) is 21.1 Å². The van der Waals surface area contributed by atoms with Gasteiger partial charge in [-0.1, -0.05) is 29.8 Å². The third-order valence-corrected chi connectivity index (χ3v) is 4.22. The van der Waals surface area contributed by atoms with E-state index in [0.29, 0.717) is 11.5 Å². The molecule has 29 heavy (non-hydrogen) atoms. The van der Waals surface area contributed by atoms with Crippen molar-refractivity contribution >= 4 is 29.2 Å². The molecule has 5 nitrogen and oxygen atoms in total. The fraction of sp³-hybridized carbons (Fsp3) is 0.0909. The average Bonchev–Trinajstić information content (AvgIpc) is 2.71. The minimum atomic E-state index is -1.08. The van der Waals surface area contributed by atoms with E-state index in [0.717, 1.165) is 12.1 Å². The topological polar surface area (TPSA) is 64.6 Å².